The van der Waals surface area contributed by atoms with Crippen LogP contribution in [-0.2, 0) is 10.0 Å². The van der Waals surface area contributed by atoms with E-state index in [-0.39, 0.29) is 15.5 Å². The normalized spacial score (nSPS) is 11.2. The van der Waals surface area contributed by atoms with Crippen LogP contribution in [0.25, 0.3) is 10.4 Å². The van der Waals surface area contributed by atoms with Crippen LogP contribution in [0.5, 0.6) is 0 Å². The molecule has 0 spiro atoms. The number of nitrogens with one attached hydrogen (secondary N) is 1. The number of nitrogens with two attached hydrogens (primary N) is 1. The second-order valence-electron chi connectivity index (χ2n) is 5.97. The summed E-state index contributed by atoms with van der Waals surface area (Å²) in [5, 5.41) is 9.48. The highest BCUT2D eigenvalue weighted by Crippen LogP contribution is 2.36. The molecule has 9 heteroatoms. The molecule has 0 aliphatic carbocycles. The van der Waals surface area contributed by atoms with E-state index in [0.717, 1.165) is 11.3 Å². The average Bonchev–Trinajstić information content (AvgIpc) is 3.05. The van der Waals surface area contributed by atoms with Gasteiger partial charge in [-0.15, -0.1) is 11.3 Å². The average molecular weight is 416 g/mol. The van der Waals surface area contributed by atoms with Crippen LogP contribution >= 0.6 is 11.3 Å². The third kappa shape index (κ3) is 3.90. The van der Waals surface area contributed by atoms with Crippen molar-refractivity contribution in [1.29, 1.82) is 0 Å². The Morgan fingerprint density at radius 2 is 1.71 bits per heavy atom. The lowest BCUT2D eigenvalue weighted by Gasteiger charge is -2.09. The number of aromatic carboxylic acids is 1. The van der Waals surface area contributed by atoms with E-state index >= 15 is 0 Å². The Morgan fingerprint density at radius 1 is 1.07 bits per heavy atom. The zero-order valence-corrected chi connectivity index (χ0v) is 16.3. The molecular weight excluding hydrogens is 400 g/mol. The Bertz CT molecular complexity index is 1170. The quantitative estimate of drug-likeness (QED) is 0.568. The number of thiophene rings is 1. The first-order valence-corrected chi connectivity index (χ1v) is 10.3. The number of amides is 1. The first kappa shape index (κ1) is 19.6. The van der Waals surface area contributed by atoms with E-state index in [1.54, 1.807) is 37.3 Å². The predicted molar refractivity (Wildman–Crippen MR) is 107 cm³/mol. The summed E-state index contributed by atoms with van der Waals surface area (Å²) >= 11 is 0.932. The zero-order valence-electron chi connectivity index (χ0n) is 14.7. The Morgan fingerprint density at radius 3 is 2.29 bits per heavy atom. The Hall–Kier alpha value is -3.17. The van der Waals surface area contributed by atoms with Crippen LogP contribution in [0.3, 0.4) is 0 Å². The first-order chi connectivity index (χ1) is 13.2. The lowest BCUT2D eigenvalue weighted by atomic mass is 10.1. The van der Waals surface area contributed by atoms with E-state index in [2.05, 4.69) is 4.72 Å². The van der Waals surface area contributed by atoms with Crippen LogP contribution in [0.1, 0.15) is 25.6 Å². The van der Waals surface area contributed by atoms with Crippen molar-refractivity contribution in [3.63, 3.8) is 0 Å². The van der Waals surface area contributed by atoms with Crippen LogP contribution in [0, 0.1) is 6.92 Å². The van der Waals surface area contributed by atoms with Gasteiger partial charge >= 0.3 is 5.97 Å². The molecule has 2 aromatic carbocycles. The Kier molecular flexibility index (Phi) is 5.21. The molecule has 4 N–H and O–H groups in total. The van der Waals surface area contributed by atoms with Gasteiger partial charge in [0.05, 0.1) is 10.6 Å². The summed E-state index contributed by atoms with van der Waals surface area (Å²) < 4.78 is 27.8. The number of primary amides is 1. The van der Waals surface area contributed by atoms with Gasteiger partial charge in [-0.2, -0.15) is 0 Å². The van der Waals surface area contributed by atoms with E-state index in [0.29, 0.717) is 21.6 Å². The summed E-state index contributed by atoms with van der Waals surface area (Å²) in [6.07, 6.45) is 0. The molecule has 0 aliphatic rings. The maximum absolute atomic E-state index is 12.7. The molecule has 0 fully saturated rings. The van der Waals surface area contributed by atoms with Crippen molar-refractivity contribution in [2.24, 2.45) is 5.73 Å². The number of carboxylic acids is 1. The smallest absolute Gasteiger partial charge is 0.348 e. The van der Waals surface area contributed by atoms with Gasteiger partial charge < -0.3 is 10.8 Å². The fraction of sp³-hybridized carbons (Fsp3) is 0.0526. The molecule has 0 atom stereocenters. The minimum Gasteiger partial charge on any atom is -0.477 e. The minimum atomic E-state index is -3.95. The van der Waals surface area contributed by atoms with Crippen LogP contribution < -0.4 is 10.5 Å². The molecule has 3 aromatic rings. The number of rotatable bonds is 6. The van der Waals surface area contributed by atoms with E-state index in [4.69, 9.17) is 5.73 Å². The standard InChI is InChI=1S/C19H16N2O5S2/c1-11-4-2-3-5-16(11)28(25,26)21-14-10-15(27-17(14)19(23)24)12-6-8-13(9-7-12)18(20)22/h2-10,21H,1H3,(H2,20,22)(H,23,24). The van der Waals surface area contributed by atoms with E-state index in [1.807, 2.05) is 0 Å². The van der Waals surface area contributed by atoms with Gasteiger partial charge in [0.1, 0.15) is 4.88 Å². The topological polar surface area (TPSA) is 127 Å². The lowest BCUT2D eigenvalue weighted by Crippen LogP contribution is -2.15. The molecule has 7 nitrogen and oxygen atoms in total. The minimum absolute atomic E-state index is 0.0188. The van der Waals surface area contributed by atoms with Gasteiger partial charge in [-0.3, -0.25) is 9.52 Å². The van der Waals surface area contributed by atoms with Crippen LogP contribution in [0.2, 0.25) is 0 Å². The molecule has 0 unspecified atom stereocenters. The van der Waals surface area contributed by atoms with Gasteiger partial charge in [0, 0.05) is 10.4 Å². The molecule has 0 aliphatic heterocycles. The number of aryl methyl sites for hydroxylation is 1. The molecule has 28 heavy (non-hydrogen) atoms. The largest absolute Gasteiger partial charge is 0.477 e. The first-order valence-electron chi connectivity index (χ1n) is 8.05. The molecule has 0 saturated carbocycles. The molecule has 0 bridgehead atoms. The maximum atomic E-state index is 12.7. The van der Waals surface area contributed by atoms with Crippen LogP contribution in [0.15, 0.2) is 59.5 Å². The third-order valence-corrected chi connectivity index (χ3v) is 6.71. The van der Waals surface area contributed by atoms with Gasteiger partial charge in [0.2, 0.25) is 5.91 Å². The highest BCUT2D eigenvalue weighted by Gasteiger charge is 2.23. The highest BCUT2D eigenvalue weighted by atomic mass is 32.2. The number of carbonyl (C=O) groups is 2. The summed E-state index contributed by atoms with van der Waals surface area (Å²) in [5.41, 5.74) is 6.70. The molecule has 0 saturated heterocycles. The maximum Gasteiger partial charge on any atom is 0.348 e. The number of hydrogen-bond acceptors (Lipinski definition) is 5. The molecular formula is C19H16N2O5S2. The molecule has 3 rings (SSSR count). The van der Waals surface area contributed by atoms with Crippen molar-refractivity contribution in [2.75, 3.05) is 4.72 Å². The van der Waals surface area contributed by atoms with Gasteiger partial charge in [0.15, 0.2) is 0 Å². The van der Waals surface area contributed by atoms with Gasteiger partial charge in [-0.1, -0.05) is 30.3 Å². The lowest BCUT2D eigenvalue weighted by molar-refractivity contribution is 0.0703. The Balaban J connectivity index is 2.01. The van der Waals surface area contributed by atoms with Crippen molar-refractivity contribution in [1.82, 2.24) is 0 Å². The Labute approximate surface area is 165 Å². The molecule has 144 valence electrons. The van der Waals surface area contributed by atoms with Crippen LogP contribution in [-0.4, -0.2) is 25.4 Å². The number of carboxylic acid groups (broad SMARTS) is 1. The number of carbonyl (C=O) groups excluding carboxylic acids is 1. The van der Waals surface area contributed by atoms with Crippen molar-refractivity contribution < 1.29 is 23.1 Å². The summed E-state index contributed by atoms with van der Waals surface area (Å²) in [4.78, 5) is 23.3. The number of benzene rings is 2. The molecule has 0 radical (unpaired) electrons. The molecule has 1 heterocycles. The molecule has 1 aromatic heterocycles. The van der Waals surface area contributed by atoms with Gasteiger partial charge in [-0.05, 0) is 42.3 Å². The monoisotopic (exact) mass is 416 g/mol. The fourth-order valence-electron chi connectivity index (χ4n) is 2.62. The van der Waals surface area contributed by atoms with E-state index in [1.165, 1.54) is 24.3 Å². The van der Waals surface area contributed by atoms with Gasteiger partial charge in [-0.25, -0.2) is 13.2 Å². The SMILES string of the molecule is Cc1ccccc1S(=O)(=O)Nc1cc(-c2ccc(C(N)=O)cc2)sc1C(=O)O. The van der Waals surface area contributed by atoms with Gasteiger partial charge in [0.25, 0.3) is 10.0 Å². The van der Waals surface area contributed by atoms with Crippen molar-refractivity contribution in [2.45, 2.75) is 11.8 Å². The molecule has 1 amide bonds. The zero-order chi connectivity index (χ0) is 20.5. The number of anilines is 1. The highest BCUT2D eigenvalue weighted by molar-refractivity contribution is 7.92. The van der Waals surface area contributed by atoms with E-state index in [9.17, 15) is 23.1 Å². The predicted octanol–water partition coefficient (Wildman–Crippen LogP) is 3.32. The third-order valence-electron chi connectivity index (χ3n) is 4.01. The number of sulfonamides is 1. The van der Waals surface area contributed by atoms with Crippen molar-refractivity contribution >= 4 is 38.9 Å². The second-order valence-corrected chi connectivity index (χ2v) is 8.67. The summed E-state index contributed by atoms with van der Waals surface area (Å²) in [6.45, 7) is 1.66. The number of hydrogen-bond donors (Lipinski definition) is 3. The summed E-state index contributed by atoms with van der Waals surface area (Å²) in [7, 11) is -3.95. The second kappa shape index (κ2) is 7.45. The van der Waals surface area contributed by atoms with Crippen molar-refractivity contribution in [3.8, 4) is 10.4 Å². The fourth-order valence-corrected chi connectivity index (χ4v) is 4.96. The van der Waals surface area contributed by atoms with Crippen molar-refractivity contribution in [3.05, 3.63) is 70.6 Å². The summed E-state index contributed by atoms with van der Waals surface area (Å²) in [6, 6.07) is 14.2. The summed E-state index contributed by atoms with van der Waals surface area (Å²) in [5.74, 6) is -1.82. The van der Waals surface area contributed by atoms with E-state index < -0.39 is 21.9 Å². The van der Waals surface area contributed by atoms with Crippen LogP contribution in [0.4, 0.5) is 5.69 Å².